The van der Waals surface area contributed by atoms with Crippen molar-refractivity contribution in [2.45, 2.75) is 19.9 Å². The maximum absolute atomic E-state index is 10.1. The standard InChI is InChI=1S/C12H14N4O3S/c1-9-11(4-6-19-16(17)18)20-12(15-9)14-8-10-3-2-5-13-7-10/h2-3,5,7H,4,6,8H2,1H3,(H,14,15). The first-order valence-corrected chi connectivity index (χ1v) is 6.83. The molecule has 1 N–H and O–H groups in total. The van der Waals surface area contributed by atoms with Crippen LogP contribution in [0.3, 0.4) is 0 Å². The van der Waals surface area contributed by atoms with Crippen LogP contribution in [0.2, 0.25) is 0 Å². The molecule has 0 aliphatic carbocycles. The summed E-state index contributed by atoms with van der Waals surface area (Å²) in [5, 5.41) is 13.3. The Morgan fingerprint density at radius 2 is 2.40 bits per heavy atom. The molecule has 0 unspecified atom stereocenters. The van der Waals surface area contributed by atoms with Crippen LogP contribution in [0.5, 0.6) is 0 Å². The molecule has 8 heteroatoms. The van der Waals surface area contributed by atoms with Gasteiger partial charge in [-0.2, -0.15) is 0 Å². The molecule has 2 rings (SSSR count). The van der Waals surface area contributed by atoms with Crippen LogP contribution in [-0.4, -0.2) is 21.7 Å². The Balaban J connectivity index is 1.88. The minimum atomic E-state index is -0.780. The van der Waals surface area contributed by atoms with Crippen LogP contribution in [0, 0.1) is 17.0 Å². The van der Waals surface area contributed by atoms with E-state index in [2.05, 4.69) is 20.1 Å². The van der Waals surface area contributed by atoms with Crippen molar-refractivity contribution in [2.75, 3.05) is 11.9 Å². The summed E-state index contributed by atoms with van der Waals surface area (Å²) in [6.07, 6.45) is 4.00. The number of rotatable bonds is 7. The Morgan fingerprint density at radius 3 is 3.10 bits per heavy atom. The van der Waals surface area contributed by atoms with Crippen LogP contribution in [0.4, 0.5) is 5.13 Å². The first-order valence-electron chi connectivity index (χ1n) is 6.01. The zero-order valence-corrected chi connectivity index (χ0v) is 11.7. The molecule has 0 atom stereocenters. The number of hydrogen-bond donors (Lipinski definition) is 1. The fourth-order valence-electron chi connectivity index (χ4n) is 1.63. The zero-order valence-electron chi connectivity index (χ0n) is 10.9. The molecule has 0 saturated carbocycles. The van der Waals surface area contributed by atoms with Gasteiger partial charge in [-0.25, -0.2) is 4.98 Å². The Bertz CT molecular complexity index is 573. The monoisotopic (exact) mass is 294 g/mol. The van der Waals surface area contributed by atoms with E-state index in [4.69, 9.17) is 0 Å². The lowest BCUT2D eigenvalue weighted by atomic mass is 10.3. The van der Waals surface area contributed by atoms with Gasteiger partial charge < -0.3 is 10.2 Å². The van der Waals surface area contributed by atoms with E-state index in [1.807, 2.05) is 19.1 Å². The van der Waals surface area contributed by atoms with Crippen molar-refractivity contribution in [3.63, 3.8) is 0 Å². The average Bonchev–Trinajstić information content (AvgIpc) is 2.78. The maximum Gasteiger partial charge on any atom is 0.294 e. The second kappa shape index (κ2) is 6.80. The predicted octanol–water partition coefficient (Wildman–Crippen LogP) is 2.21. The third-order valence-corrected chi connectivity index (χ3v) is 3.76. The normalized spacial score (nSPS) is 10.2. The van der Waals surface area contributed by atoms with Crippen molar-refractivity contribution in [2.24, 2.45) is 0 Å². The number of aromatic nitrogens is 2. The molecule has 0 bridgehead atoms. The quantitative estimate of drug-likeness (QED) is 0.622. The molecular formula is C12H14N4O3S. The van der Waals surface area contributed by atoms with Crippen LogP contribution < -0.4 is 5.32 Å². The number of nitrogens with zero attached hydrogens (tertiary/aromatic N) is 3. The van der Waals surface area contributed by atoms with E-state index in [9.17, 15) is 10.1 Å². The minimum Gasteiger partial charge on any atom is -0.357 e. The number of thiazole rings is 1. The second-order valence-corrected chi connectivity index (χ2v) is 5.13. The van der Waals surface area contributed by atoms with Gasteiger partial charge >= 0.3 is 0 Å². The average molecular weight is 294 g/mol. The van der Waals surface area contributed by atoms with Gasteiger partial charge in [-0.1, -0.05) is 6.07 Å². The van der Waals surface area contributed by atoms with Crippen LogP contribution in [0.1, 0.15) is 16.1 Å². The SMILES string of the molecule is Cc1nc(NCc2cccnc2)sc1CCO[N+](=O)[O-]. The second-order valence-electron chi connectivity index (χ2n) is 4.05. The summed E-state index contributed by atoms with van der Waals surface area (Å²) < 4.78 is 0. The van der Waals surface area contributed by atoms with Gasteiger partial charge in [0.2, 0.25) is 0 Å². The summed E-state index contributed by atoms with van der Waals surface area (Å²) in [5.74, 6) is 0. The highest BCUT2D eigenvalue weighted by molar-refractivity contribution is 7.15. The van der Waals surface area contributed by atoms with E-state index in [1.165, 1.54) is 11.3 Å². The van der Waals surface area contributed by atoms with E-state index >= 15 is 0 Å². The molecule has 0 aliphatic rings. The Labute approximate surface area is 119 Å². The fourth-order valence-corrected chi connectivity index (χ4v) is 2.57. The van der Waals surface area contributed by atoms with E-state index in [0.717, 1.165) is 21.3 Å². The topological polar surface area (TPSA) is 90.2 Å². The molecule has 2 aromatic rings. The Morgan fingerprint density at radius 1 is 1.55 bits per heavy atom. The van der Waals surface area contributed by atoms with Crippen LogP contribution >= 0.6 is 11.3 Å². The summed E-state index contributed by atoms with van der Waals surface area (Å²) >= 11 is 1.49. The largest absolute Gasteiger partial charge is 0.357 e. The van der Waals surface area contributed by atoms with E-state index < -0.39 is 5.09 Å². The van der Waals surface area contributed by atoms with Gasteiger partial charge in [0.25, 0.3) is 5.09 Å². The molecule has 106 valence electrons. The van der Waals surface area contributed by atoms with Crippen molar-refractivity contribution in [1.29, 1.82) is 0 Å². The lowest BCUT2D eigenvalue weighted by molar-refractivity contribution is -0.757. The molecule has 0 spiro atoms. The molecule has 0 radical (unpaired) electrons. The smallest absolute Gasteiger partial charge is 0.294 e. The molecule has 0 fully saturated rings. The van der Waals surface area contributed by atoms with Crippen LogP contribution in [-0.2, 0) is 17.8 Å². The van der Waals surface area contributed by atoms with Gasteiger partial charge in [-0.15, -0.1) is 21.5 Å². The summed E-state index contributed by atoms with van der Waals surface area (Å²) in [4.78, 5) is 23.8. The predicted molar refractivity (Wildman–Crippen MR) is 75.1 cm³/mol. The molecule has 2 aromatic heterocycles. The molecular weight excluding hydrogens is 280 g/mol. The number of anilines is 1. The summed E-state index contributed by atoms with van der Waals surface area (Å²) in [5.41, 5.74) is 1.94. The van der Waals surface area contributed by atoms with Crippen molar-refractivity contribution < 1.29 is 9.92 Å². The van der Waals surface area contributed by atoms with Crippen molar-refractivity contribution in [1.82, 2.24) is 9.97 Å². The minimum absolute atomic E-state index is 0.0536. The Hall–Kier alpha value is -2.22. The van der Waals surface area contributed by atoms with Crippen molar-refractivity contribution >= 4 is 16.5 Å². The number of hydrogen-bond acceptors (Lipinski definition) is 7. The lowest BCUT2D eigenvalue weighted by Gasteiger charge is -2.01. The highest BCUT2D eigenvalue weighted by Crippen LogP contribution is 2.23. The zero-order chi connectivity index (χ0) is 14.4. The summed E-state index contributed by atoms with van der Waals surface area (Å²) in [6, 6.07) is 3.86. The van der Waals surface area contributed by atoms with Crippen molar-refractivity contribution in [3.05, 3.63) is 50.8 Å². The number of nitrogens with one attached hydrogen (secondary N) is 1. The van der Waals surface area contributed by atoms with Crippen LogP contribution in [0.25, 0.3) is 0 Å². The highest BCUT2D eigenvalue weighted by Gasteiger charge is 2.08. The molecule has 0 amide bonds. The first kappa shape index (κ1) is 14.2. The lowest BCUT2D eigenvalue weighted by Crippen LogP contribution is -2.04. The molecule has 0 saturated heterocycles. The summed E-state index contributed by atoms with van der Waals surface area (Å²) in [7, 11) is 0. The van der Waals surface area contributed by atoms with E-state index in [1.54, 1.807) is 12.4 Å². The highest BCUT2D eigenvalue weighted by atomic mass is 32.1. The molecule has 0 aromatic carbocycles. The first-order chi connectivity index (χ1) is 9.65. The maximum atomic E-state index is 10.1. The molecule has 20 heavy (non-hydrogen) atoms. The summed E-state index contributed by atoms with van der Waals surface area (Å²) in [6.45, 7) is 2.58. The number of aryl methyl sites for hydroxylation is 1. The van der Waals surface area contributed by atoms with Crippen LogP contribution in [0.15, 0.2) is 24.5 Å². The van der Waals surface area contributed by atoms with Gasteiger partial charge in [0.15, 0.2) is 5.13 Å². The van der Waals surface area contributed by atoms with Gasteiger partial charge in [-0.05, 0) is 18.6 Å². The van der Waals surface area contributed by atoms with Gasteiger partial charge in [0, 0.05) is 30.2 Å². The third kappa shape index (κ3) is 4.16. The number of pyridine rings is 1. The molecule has 0 aliphatic heterocycles. The van der Waals surface area contributed by atoms with E-state index in [-0.39, 0.29) is 6.61 Å². The van der Waals surface area contributed by atoms with E-state index in [0.29, 0.717) is 13.0 Å². The molecule has 2 heterocycles. The molecule has 7 nitrogen and oxygen atoms in total. The third-order valence-electron chi connectivity index (χ3n) is 2.59. The van der Waals surface area contributed by atoms with Gasteiger partial charge in [0.05, 0.1) is 5.69 Å². The van der Waals surface area contributed by atoms with Gasteiger partial charge in [-0.3, -0.25) is 4.98 Å². The van der Waals surface area contributed by atoms with Crippen molar-refractivity contribution in [3.8, 4) is 0 Å². The Kier molecular flexibility index (Phi) is 4.83. The fraction of sp³-hybridized carbons (Fsp3) is 0.333. The van der Waals surface area contributed by atoms with Gasteiger partial charge in [0.1, 0.15) is 6.61 Å².